The minimum Gasteiger partial charge on any atom is -0.469 e. The highest BCUT2D eigenvalue weighted by Crippen LogP contribution is 2.29. The molecule has 0 N–H and O–H groups in total. The summed E-state index contributed by atoms with van der Waals surface area (Å²) in [6.07, 6.45) is 1.46. The number of halogens is 3. The lowest BCUT2D eigenvalue weighted by Crippen LogP contribution is -2.36. The number of nitrogens with zero attached hydrogens (tertiary/aromatic N) is 1. The molecule has 3 rings (SSSR count). The van der Waals surface area contributed by atoms with Crippen LogP contribution in [0.5, 0.6) is 5.75 Å². The third-order valence-corrected chi connectivity index (χ3v) is 5.87. The van der Waals surface area contributed by atoms with E-state index in [1.165, 1.54) is 25.3 Å². The summed E-state index contributed by atoms with van der Waals surface area (Å²) in [6.45, 7) is 2.20. The third kappa shape index (κ3) is 4.99. The standard InChI is InChI=1S/C19H20F3NO5S/c1-27-18(24)14-6-8-23(9-7-14)12-13-2-3-16-11-17(5-4-15(16)10-13)28-29(25,26)19(20,21)22/h2-5,10-11,14H,6-9,12H2,1H3. The van der Waals surface area contributed by atoms with Gasteiger partial charge in [-0.1, -0.05) is 18.2 Å². The molecule has 1 aliphatic heterocycles. The topological polar surface area (TPSA) is 72.9 Å². The second-order valence-electron chi connectivity index (χ2n) is 6.90. The molecule has 1 saturated heterocycles. The van der Waals surface area contributed by atoms with Crippen molar-refractivity contribution in [3.05, 3.63) is 42.0 Å². The van der Waals surface area contributed by atoms with E-state index < -0.39 is 21.4 Å². The first-order valence-corrected chi connectivity index (χ1v) is 10.3. The van der Waals surface area contributed by atoms with Crippen molar-refractivity contribution in [2.24, 2.45) is 5.92 Å². The molecule has 0 amide bonds. The number of rotatable bonds is 5. The van der Waals surface area contributed by atoms with Gasteiger partial charge in [-0.2, -0.15) is 21.6 Å². The maximum atomic E-state index is 12.5. The number of fused-ring (bicyclic) bond motifs is 1. The molecule has 158 valence electrons. The molecule has 0 atom stereocenters. The quantitative estimate of drug-likeness (QED) is 0.410. The van der Waals surface area contributed by atoms with E-state index in [0.717, 1.165) is 36.9 Å². The zero-order chi connectivity index (χ0) is 21.2. The predicted molar refractivity (Wildman–Crippen MR) is 99.6 cm³/mol. The zero-order valence-electron chi connectivity index (χ0n) is 15.6. The van der Waals surface area contributed by atoms with E-state index in [0.29, 0.717) is 11.9 Å². The summed E-state index contributed by atoms with van der Waals surface area (Å²) in [5, 5.41) is 1.32. The molecule has 6 nitrogen and oxygen atoms in total. The van der Waals surface area contributed by atoms with Gasteiger partial charge in [-0.3, -0.25) is 9.69 Å². The number of likely N-dealkylation sites (tertiary alicyclic amines) is 1. The maximum absolute atomic E-state index is 12.5. The number of carbonyl (C=O) groups is 1. The molecule has 10 heteroatoms. The summed E-state index contributed by atoms with van der Waals surface area (Å²) in [7, 11) is -4.31. The van der Waals surface area contributed by atoms with Gasteiger partial charge < -0.3 is 8.92 Å². The Morgan fingerprint density at radius 1 is 1.10 bits per heavy atom. The summed E-state index contributed by atoms with van der Waals surface area (Å²) in [4.78, 5) is 13.8. The fraction of sp³-hybridized carbons (Fsp3) is 0.421. The highest BCUT2D eigenvalue weighted by Gasteiger charge is 2.48. The van der Waals surface area contributed by atoms with Crippen molar-refractivity contribution >= 4 is 26.9 Å². The van der Waals surface area contributed by atoms with E-state index >= 15 is 0 Å². The maximum Gasteiger partial charge on any atom is 0.534 e. The monoisotopic (exact) mass is 431 g/mol. The Morgan fingerprint density at radius 2 is 1.72 bits per heavy atom. The van der Waals surface area contributed by atoms with E-state index in [9.17, 15) is 26.4 Å². The van der Waals surface area contributed by atoms with Gasteiger partial charge in [0.25, 0.3) is 0 Å². The van der Waals surface area contributed by atoms with Crippen LogP contribution in [0.3, 0.4) is 0 Å². The minimum atomic E-state index is -5.70. The Bertz CT molecular complexity index is 999. The van der Waals surface area contributed by atoms with Crippen LogP contribution in [0.2, 0.25) is 0 Å². The summed E-state index contributed by atoms with van der Waals surface area (Å²) in [6, 6.07) is 9.39. The number of ether oxygens (including phenoxy) is 1. The number of methoxy groups -OCH3 is 1. The van der Waals surface area contributed by atoms with Crippen molar-refractivity contribution in [3.63, 3.8) is 0 Å². The van der Waals surface area contributed by atoms with E-state index in [1.807, 2.05) is 12.1 Å². The number of piperidine rings is 1. The first kappa shape index (κ1) is 21.4. The van der Waals surface area contributed by atoms with Gasteiger partial charge in [-0.25, -0.2) is 0 Å². The lowest BCUT2D eigenvalue weighted by atomic mass is 9.96. The lowest BCUT2D eigenvalue weighted by Gasteiger charge is -2.30. The van der Waals surface area contributed by atoms with Gasteiger partial charge in [0.1, 0.15) is 5.75 Å². The van der Waals surface area contributed by atoms with Crippen LogP contribution in [-0.4, -0.2) is 45.0 Å². The van der Waals surface area contributed by atoms with E-state index in [2.05, 4.69) is 9.08 Å². The van der Waals surface area contributed by atoms with Crippen LogP contribution >= 0.6 is 0 Å². The molecule has 0 saturated carbocycles. The average molecular weight is 431 g/mol. The van der Waals surface area contributed by atoms with Gasteiger partial charge in [0, 0.05) is 6.54 Å². The van der Waals surface area contributed by atoms with Crippen molar-refractivity contribution in [1.82, 2.24) is 4.90 Å². The fourth-order valence-corrected chi connectivity index (χ4v) is 3.80. The molecule has 1 heterocycles. The third-order valence-electron chi connectivity index (χ3n) is 4.89. The Hall–Kier alpha value is -2.33. The molecular formula is C19H20F3NO5S. The normalized spacial score (nSPS) is 16.7. The van der Waals surface area contributed by atoms with Crippen LogP contribution in [0.4, 0.5) is 13.2 Å². The molecule has 0 spiro atoms. The van der Waals surface area contributed by atoms with Gasteiger partial charge in [0.05, 0.1) is 13.0 Å². The average Bonchev–Trinajstić information content (AvgIpc) is 2.67. The van der Waals surface area contributed by atoms with Gasteiger partial charge in [-0.05, 0) is 60.5 Å². The molecule has 0 unspecified atom stereocenters. The molecule has 1 aliphatic rings. The zero-order valence-corrected chi connectivity index (χ0v) is 16.4. The highest BCUT2D eigenvalue weighted by molar-refractivity contribution is 7.88. The lowest BCUT2D eigenvalue weighted by molar-refractivity contribution is -0.147. The molecule has 0 aliphatic carbocycles. The van der Waals surface area contributed by atoms with Crippen molar-refractivity contribution in [3.8, 4) is 5.75 Å². The molecule has 2 aromatic rings. The first-order valence-electron chi connectivity index (χ1n) is 8.93. The summed E-state index contributed by atoms with van der Waals surface area (Å²) >= 11 is 0. The van der Waals surface area contributed by atoms with Crippen molar-refractivity contribution in [2.45, 2.75) is 24.9 Å². The molecule has 0 radical (unpaired) electrons. The molecule has 2 aromatic carbocycles. The van der Waals surface area contributed by atoms with Crippen LogP contribution in [0.1, 0.15) is 18.4 Å². The number of hydrogen-bond acceptors (Lipinski definition) is 6. The van der Waals surface area contributed by atoms with Crippen molar-refractivity contribution in [1.29, 1.82) is 0 Å². The largest absolute Gasteiger partial charge is 0.534 e. The molecule has 0 aromatic heterocycles. The van der Waals surface area contributed by atoms with E-state index in [-0.39, 0.29) is 11.9 Å². The van der Waals surface area contributed by atoms with Crippen LogP contribution in [-0.2, 0) is 26.2 Å². The Labute approximate surface area is 166 Å². The van der Waals surface area contributed by atoms with Crippen LogP contribution < -0.4 is 4.18 Å². The Morgan fingerprint density at radius 3 is 2.34 bits per heavy atom. The van der Waals surface area contributed by atoms with Crippen molar-refractivity contribution in [2.75, 3.05) is 20.2 Å². The number of esters is 1. The highest BCUT2D eigenvalue weighted by atomic mass is 32.2. The number of hydrogen-bond donors (Lipinski definition) is 0. The predicted octanol–water partition coefficient (Wildman–Crippen LogP) is 3.45. The Balaban J connectivity index is 1.68. The van der Waals surface area contributed by atoms with Crippen LogP contribution in [0.15, 0.2) is 36.4 Å². The first-order chi connectivity index (χ1) is 13.6. The number of benzene rings is 2. The van der Waals surface area contributed by atoms with E-state index in [1.54, 1.807) is 6.07 Å². The van der Waals surface area contributed by atoms with Gasteiger partial charge in [0.15, 0.2) is 0 Å². The summed E-state index contributed by atoms with van der Waals surface area (Å²) < 4.78 is 68.6. The van der Waals surface area contributed by atoms with E-state index in [4.69, 9.17) is 4.74 Å². The van der Waals surface area contributed by atoms with Crippen molar-refractivity contribution < 1.29 is 35.3 Å². The minimum absolute atomic E-state index is 0.0701. The van der Waals surface area contributed by atoms with Crippen LogP contribution in [0, 0.1) is 5.92 Å². The van der Waals surface area contributed by atoms with Gasteiger partial charge in [0.2, 0.25) is 0 Å². The second kappa shape index (κ2) is 8.19. The van der Waals surface area contributed by atoms with Gasteiger partial charge >= 0.3 is 21.6 Å². The molecule has 0 bridgehead atoms. The smallest absolute Gasteiger partial charge is 0.469 e. The van der Waals surface area contributed by atoms with Crippen LogP contribution in [0.25, 0.3) is 10.8 Å². The number of alkyl halides is 3. The fourth-order valence-electron chi connectivity index (χ4n) is 3.35. The second-order valence-corrected chi connectivity index (χ2v) is 8.44. The molecule has 29 heavy (non-hydrogen) atoms. The molecular weight excluding hydrogens is 411 g/mol. The molecule has 1 fully saturated rings. The summed E-state index contributed by atoms with van der Waals surface area (Å²) in [5.74, 6) is -0.646. The van der Waals surface area contributed by atoms with Gasteiger partial charge in [-0.15, -0.1) is 0 Å². The number of carbonyl (C=O) groups excluding carboxylic acids is 1. The Kier molecular flexibility index (Phi) is 6.04. The SMILES string of the molecule is COC(=O)C1CCN(Cc2ccc3cc(OS(=O)(=O)C(F)(F)F)ccc3c2)CC1. The summed E-state index contributed by atoms with van der Waals surface area (Å²) in [5.41, 5.74) is -4.47.